The Kier molecular flexibility index (Phi) is 6.67. The fourth-order valence-electron chi connectivity index (χ4n) is 3.98. The van der Waals surface area contributed by atoms with E-state index in [1.54, 1.807) is 29.2 Å². The zero-order valence-corrected chi connectivity index (χ0v) is 20.1. The van der Waals surface area contributed by atoms with E-state index in [9.17, 15) is 18.0 Å². The number of methoxy groups -OCH3 is 2. The molecule has 0 saturated carbocycles. The maximum atomic E-state index is 13.2. The number of carbonyl (C=O) groups is 2. The number of piperazine rings is 1. The Morgan fingerprint density at radius 1 is 1.09 bits per heavy atom. The van der Waals surface area contributed by atoms with E-state index in [1.165, 1.54) is 30.7 Å². The number of anilines is 1. The molecule has 2 aliphatic heterocycles. The number of rotatable bonds is 6. The van der Waals surface area contributed by atoms with Gasteiger partial charge in [0.1, 0.15) is 17.2 Å². The average molecular weight is 490 g/mol. The largest absolute Gasteiger partial charge is 0.497 e. The molecule has 2 amide bonds. The third-order valence-corrected chi connectivity index (χ3v) is 7.84. The van der Waals surface area contributed by atoms with Gasteiger partial charge in [-0.3, -0.25) is 9.59 Å². The fourth-order valence-corrected chi connectivity index (χ4v) is 5.43. The van der Waals surface area contributed by atoms with Crippen molar-refractivity contribution in [2.24, 2.45) is 0 Å². The van der Waals surface area contributed by atoms with Crippen LogP contribution in [0.2, 0.25) is 0 Å². The topological polar surface area (TPSA) is 114 Å². The van der Waals surface area contributed by atoms with Crippen LogP contribution in [-0.2, 0) is 14.8 Å². The smallest absolute Gasteiger partial charge is 0.265 e. The molecule has 182 valence electrons. The normalized spacial score (nSPS) is 18.5. The maximum Gasteiger partial charge on any atom is 0.265 e. The molecule has 34 heavy (non-hydrogen) atoms. The molecule has 0 aromatic heterocycles. The van der Waals surface area contributed by atoms with Crippen LogP contribution < -0.4 is 19.5 Å². The van der Waals surface area contributed by atoms with Gasteiger partial charge in [0.2, 0.25) is 10.0 Å². The van der Waals surface area contributed by atoms with Crippen LogP contribution in [0.15, 0.2) is 41.3 Å². The van der Waals surface area contributed by atoms with Gasteiger partial charge in [0, 0.05) is 32.2 Å². The number of amides is 2. The highest BCUT2D eigenvalue weighted by Gasteiger charge is 2.33. The molecule has 0 radical (unpaired) electrons. The monoisotopic (exact) mass is 489 g/mol. The van der Waals surface area contributed by atoms with Crippen LogP contribution in [0.1, 0.15) is 23.7 Å². The highest BCUT2D eigenvalue weighted by molar-refractivity contribution is 7.89. The molecule has 2 aliphatic rings. The molecule has 1 N–H and O–H groups in total. The maximum absolute atomic E-state index is 13.2. The number of nitrogens with one attached hydrogen (secondary N) is 1. The molecular formula is C23H27N3O7S. The van der Waals surface area contributed by atoms with Crippen molar-refractivity contribution in [1.29, 1.82) is 0 Å². The van der Waals surface area contributed by atoms with E-state index < -0.39 is 16.1 Å². The van der Waals surface area contributed by atoms with E-state index in [2.05, 4.69) is 5.32 Å². The molecule has 10 nitrogen and oxygen atoms in total. The molecule has 2 aromatic rings. The van der Waals surface area contributed by atoms with E-state index in [0.717, 1.165) is 0 Å². The van der Waals surface area contributed by atoms with Gasteiger partial charge in [-0.2, -0.15) is 4.31 Å². The summed E-state index contributed by atoms with van der Waals surface area (Å²) in [4.78, 5) is 26.8. The number of hydrogen-bond donors (Lipinski definition) is 1. The van der Waals surface area contributed by atoms with Crippen molar-refractivity contribution in [3.63, 3.8) is 0 Å². The third-order valence-electron chi connectivity index (χ3n) is 5.94. The van der Waals surface area contributed by atoms with Crippen molar-refractivity contribution in [3.8, 4) is 17.2 Å². The highest BCUT2D eigenvalue weighted by Crippen LogP contribution is 2.34. The molecule has 1 fully saturated rings. The Hall–Kier alpha value is -3.31. The molecule has 0 bridgehead atoms. The molecule has 1 atom stereocenters. The van der Waals surface area contributed by atoms with Crippen molar-refractivity contribution < 1.29 is 32.2 Å². The van der Waals surface area contributed by atoms with E-state index in [1.807, 2.05) is 6.92 Å². The summed E-state index contributed by atoms with van der Waals surface area (Å²) in [5, 5.41) is 2.71. The van der Waals surface area contributed by atoms with Crippen molar-refractivity contribution in [2.75, 3.05) is 45.7 Å². The summed E-state index contributed by atoms with van der Waals surface area (Å²) < 4.78 is 43.9. The SMILES string of the molecule is CC[C@@H]1Oc2ccc(S(=O)(=O)N3CCN(C(=O)c4ccc(OC)cc4OC)CC3)cc2NC1=O. The number of hydrogen-bond acceptors (Lipinski definition) is 7. The van der Waals surface area contributed by atoms with Gasteiger partial charge >= 0.3 is 0 Å². The number of benzene rings is 2. The quantitative estimate of drug-likeness (QED) is 0.660. The van der Waals surface area contributed by atoms with Gasteiger partial charge in [-0.1, -0.05) is 6.92 Å². The fraction of sp³-hybridized carbons (Fsp3) is 0.391. The van der Waals surface area contributed by atoms with Gasteiger partial charge in [-0.25, -0.2) is 8.42 Å². The predicted octanol–water partition coefficient (Wildman–Crippen LogP) is 1.96. The summed E-state index contributed by atoms with van der Waals surface area (Å²) in [7, 11) is -0.815. The van der Waals surface area contributed by atoms with Crippen LogP contribution in [0.4, 0.5) is 5.69 Å². The van der Waals surface area contributed by atoms with E-state index in [-0.39, 0.29) is 42.9 Å². The number of ether oxygens (including phenoxy) is 3. The molecule has 2 heterocycles. The summed E-state index contributed by atoms with van der Waals surface area (Å²) in [6.07, 6.45) is -0.0821. The lowest BCUT2D eigenvalue weighted by Gasteiger charge is -2.34. The van der Waals surface area contributed by atoms with Gasteiger partial charge in [0.15, 0.2) is 6.10 Å². The third kappa shape index (κ3) is 4.40. The van der Waals surface area contributed by atoms with E-state index in [0.29, 0.717) is 34.9 Å². The first-order valence-corrected chi connectivity index (χ1v) is 12.4. The second-order valence-electron chi connectivity index (χ2n) is 7.92. The van der Waals surface area contributed by atoms with Crippen LogP contribution in [0, 0.1) is 0 Å². The highest BCUT2D eigenvalue weighted by atomic mass is 32.2. The first kappa shape index (κ1) is 23.8. The van der Waals surface area contributed by atoms with Gasteiger partial charge < -0.3 is 24.4 Å². The van der Waals surface area contributed by atoms with Gasteiger partial charge in [-0.15, -0.1) is 0 Å². The molecule has 0 unspecified atom stereocenters. The Bertz CT molecular complexity index is 1210. The van der Waals surface area contributed by atoms with E-state index in [4.69, 9.17) is 14.2 Å². The Balaban J connectivity index is 1.47. The van der Waals surface area contributed by atoms with Crippen molar-refractivity contribution >= 4 is 27.5 Å². The predicted molar refractivity (Wildman–Crippen MR) is 124 cm³/mol. The van der Waals surface area contributed by atoms with Gasteiger partial charge in [0.05, 0.1) is 30.4 Å². The lowest BCUT2D eigenvalue weighted by molar-refractivity contribution is -0.123. The zero-order valence-electron chi connectivity index (χ0n) is 19.2. The molecule has 4 rings (SSSR count). The summed E-state index contributed by atoms with van der Waals surface area (Å²) >= 11 is 0. The lowest BCUT2D eigenvalue weighted by Crippen LogP contribution is -2.50. The molecular weight excluding hydrogens is 462 g/mol. The molecule has 11 heteroatoms. The Labute approximate surface area is 198 Å². The summed E-state index contributed by atoms with van der Waals surface area (Å²) in [5.74, 6) is 0.861. The Morgan fingerprint density at radius 3 is 2.47 bits per heavy atom. The lowest BCUT2D eigenvalue weighted by atomic mass is 10.1. The summed E-state index contributed by atoms with van der Waals surface area (Å²) in [5.41, 5.74) is 0.714. The Morgan fingerprint density at radius 2 is 1.82 bits per heavy atom. The van der Waals surface area contributed by atoms with E-state index >= 15 is 0 Å². The van der Waals surface area contributed by atoms with Crippen LogP contribution in [0.3, 0.4) is 0 Å². The first-order valence-electron chi connectivity index (χ1n) is 10.9. The minimum Gasteiger partial charge on any atom is -0.497 e. The minimum atomic E-state index is -3.82. The van der Waals surface area contributed by atoms with Gasteiger partial charge in [-0.05, 0) is 36.8 Å². The van der Waals surface area contributed by atoms with Gasteiger partial charge in [0.25, 0.3) is 11.8 Å². The number of sulfonamides is 1. The van der Waals surface area contributed by atoms with Crippen molar-refractivity contribution in [2.45, 2.75) is 24.3 Å². The second kappa shape index (κ2) is 9.51. The van der Waals surface area contributed by atoms with Crippen LogP contribution in [0.25, 0.3) is 0 Å². The average Bonchev–Trinajstić information content (AvgIpc) is 2.87. The molecule has 0 spiro atoms. The van der Waals surface area contributed by atoms with Crippen LogP contribution >= 0.6 is 0 Å². The van der Waals surface area contributed by atoms with Crippen molar-refractivity contribution in [1.82, 2.24) is 9.21 Å². The second-order valence-corrected chi connectivity index (χ2v) is 9.86. The molecule has 1 saturated heterocycles. The first-order chi connectivity index (χ1) is 16.3. The standard InChI is InChI=1S/C23H27N3O7S/c1-4-19-22(27)24-18-14-16(6-8-20(18)33-19)34(29,30)26-11-9-25(10-12-26)23(28)17-7-5-15(31-2)13-21(17)32-3/h5-8,13-14,19H,4,9-12H2,1-3H3,(H,24,27)/t19-/m0/s1. The zero-order chi connectivity index (χ0) is 24.5. The minimum absolute atomic E-state index is 0.0571. The van der Waals surface area contributed by atoms with Crippen LogP contribution in [-0.4, -0.2) is 75.9 Å². The summed E-state index contributed by atoms with van der Waals surface area (Å²) in [6.45, 7) is 2.59. The van der Waals surface area contributed by atoms with Crippen LogP contribution in [0.5, 0.6) is 17.2 Å². The molecule has 0 aliphatic carbocycles. The molecule has 2 aromatic carbocycles. The number of carbonyl (C=O) groups excluding carboxylic acids is 2. The van der Waals surface area contributed by atoms with Crippen molar-refractivity contribution in [3.05, 3.63) is 42.0 Å². The number of fused-ring (bicyclic) bond motifs is 1. The number of nitrogens with zero attached hydrogens (tertiary/aromatic N) is 2. The summed E-state index contributed by atoms with van der Waals surface area (Å²) in [6, 6.07) is 9.38.